The maximum absolute atomic E-state index is 12.4. The molecule has 36 heavy (non-hydrogen) atoms. The number of nitrogens with one attached hydrogen (secondary N) is 1. The molecule has 2 aromatic heterocycles. The molecule has 182 valence electrons. The molecule has 0 bridgehead atoms. The van der Waals surface area contributed by atoms with Gasteiger partial charge in [-0.1, -0.05) is 5.92 Å². The summed E-state index contributed by atoms with van der Waals surface area (Å²) in [5, 5.41) is 12.9. The van der Waals surface area contributed by atoms with Crippen molar-refractivity contribution in [2.75, 3.05) is 23.9 Å². The first-order valence-electron chi connectivity index (χ1n) is 11.2. The molecule has 0 unspecified atom stereocenters. The fraction of sp³-hybridized carbons (Fsp3) is 0.185. The first kappa shape index (κ1) is 24.4. The molecule has 0 spiro atoms. The van der Waals surface area contributed by atoms with Crippen LogP contribution in [0.4, 0.5) is 17.2 Å². The van der Waals surface area contributed by atoms with E-state index in [0.29, 0.717) is 28.5 Å². The fourth-order valence-electron chi connectivity index (χ4n) is 3.45. The van der Waals surface area contributed by atoms with Gasteiger partial charge in [-0.25, -0.2) is 9.97 Å². The highest BCUT2D eigenvalue weighted by atomic mass is 16.5. The second-order valence-corrected chi connectivity index (χ2v) is 8.08. The molecule has 4 rings (SSSR count). The molecule has 4 aromatic rings. The number of fused-ring (bicyclic) bond motifs is 1. The van der Waals surface area contributed by atoms with Crippen LogP contribution in [0.5, 0.6) is 11.5 Å². The number of aryl methyl sites for hydroxylation is 2. The third-order valence-corrected chi connectivity index (χ3v) is 5.48. The molecule has 2 aromatic carbocycles. The Morgan fingerprint density at radius 2 is 2.00 bits per heavy atom. The van der Waals surface area contributed by atoms with Crippen molar-refractivity contribution in [1.29, 1.82) is 0 Å². The molecule has 0 fully saturated rings. The van der Waals surface area contributed by atoms with E-state index in [1.165, 1.54) is 21.9 Å². The number of carbonyl (C=O) groups is 1. The zero-order chi connectivity index (χ0) is 25.7. The third-order valence-electron chi connectivity index (χ3n) is 5.48. The average molecular weight is 484 g/mol. The topological polar surface area (TPSA) is 110 Å². The lowest BCUT2D eigenvalue weighted by atomic mass is 10.1. The van der Waals surface area contributed by atoms with Gasteiger partial charge in [0.1, 0.15) is 23.6 Å². The standard InChI is InChI=1S/C27H25N5O4/c1-18-14-19(7-10-24(18)36-21-11-12-31(2)26(35)16-21)30-27-22-15-20(8-9-23(22)28-17-29-27)32(3)25(34)6-4-5-13-33/h7-12,14-17,33H,5,13H2,1-3H3,(H,28,29,30). The van der Waals surface area contributed by atoms with Gasteiger partial charge in [0, 0.05) is 49.5 Å². The maximum Gasteiger partial charge on any atom is 0.302 e. The Morgan fingerprint density at radius 1 is 1.17 bits per heavy atom. The molecule has 0 radical (unpaired) electrons. The zero-order valence-electron chi connectivity index (χ0n) is 20.1. The van der Waals surface area contributed by atoms with Gasteiger partial charge in [0.15, 0.2) is 0 Å². The van der Waals surface area contributed by atoms with Gasteiger partial charge >= 0.3 is 5.91 Å². The van der Waals surface area contributed by atoms with Crippen LogP contribution in [0.1, 0.15) is 12.0 Å². The predicted molar refractivity (Wildman–Crippen MR) is 139 cm³/mol. The molecule has 0 aliphatic carbocycles. The molecule has 2 N–H and O–H groups in total. The quantitative estimate of drug-likeness (QED) is 0.404. The second-order valence-electron chi connectivity index (χ2n) is 8.08. The normalized spacial score (nSPS) is 10.4. The van der Waals surface area contributed by atoms with Gasteiger partial charge in [-0.05, 0) is 60.9 Å². The lowest BCUT2D eigenvalue weighted by Gasteiger charge is -2.16. The van der Waals surface area contributed by atoms with E-state index in [1.54, 1.807) is 32.4 Å². The van der Waals surface area contributed by atoms with Crippen molar-refractivity contribution < 1.29 is 14.6 Å². The highest BCUT2D eigenvalue weighted by Gasteiger charge is 2.12. The summed E-state index contributed by atoms with van der Waals surface area (Å²) < 4.78 is 7.37. The number of hydrogen-bond acceptors (Lipinski definition) is 7. The summed E-state index contributed by atoms with van der Waals surface area (Å²) >= 11 is 0. The molecule has 9 heteroatoms. The number of aliphatic hydroxyl groups excluding tert-OH is 1. The van der Waals surface area contributed by atoms with Gasteiger partial charge in [0.05, 0.1) is 12.1 Å². The molecule has 2 heterocycles. The zero-order valence-corrected chi connectivity index (χ0v) is 20.1. The highest BCUT2D eigenvalue weighted by molar-refractivity contribution is 6.06. The van der Waals surface area contributed by atoms with Crippen molar-refractivity contribution in [3.8, 4) is 23.3 Å². The first-order valence-corrected chi connectivity index (χ1v) is 11.2. The van der Waals surface area contributed by atoms with Gasteiger partial charge in [0.2, 0.25) is 0 Å². The molecular weight excluding hydrogens is 458 g/mol. The second kappa shape index (κ2) is 10.7. The van der Waals surface area contributed by atoms with Crippen molar-refractivity contribution in [3.63, 3.8) is 0 Å². The van der Waals surface area contributed by atoms with Crippen LogP contribution in [0, 0.1) is 18.8 Å². The van der Waals surface area contributed by atoms with Crippen LogP contribution in [0.3, 0.4) is 0 Å². The van der Waals surface area contributed by atoms with Gasteiger partial charge in [-0.2, -0.15) is 0 Å². The number of hydrogen-bond donors (Lipinski definition) is 2. The Balaban J connectivity index is 1.58. The van der Waals surface area contributed by atoms with Gasteiger partial charge in [-0.3, -0.25) is 9.59 Å². The molecule has 1 amide bonds. The first-order chi connectivity index (χ1) is 17.4. The summed E-state index contributed by atoms with van der Waals surface area (Å²) in [5.74, 6) is 6.46. The van der Waals surface area contributed by atoms with Crippen molar-refractivity contribution in [2.24, 2.45) is 7.05 Å². The predicted octanol–water partition coefficient (Wildman–Crippen LogP) is 3.52. The Labute approximate surface area is 208 Å². The van der Waals surface area contributed by atoms with E-state index < -0.39 is 0 Å². The Morgan fingerprint density at radius 3 is 2.75 bits per heavy atom. The summed E-state index contributed by atoms with van der Waals surface area (Å²) in [7, 11) is 3.32. The van der Waals surface area contributed by atoms with Crippen LogP contribution < -0.4 is 20.5 Å². The van der Waals surface area contributed by atoms with E-state index in [9.17, 15) is 9.59 Å². The van der Waals surface area contributed by atoms with Crippen LogP contribution in [0.2, 0.25) is 0 Å². The highest BCUT2D eigenvalue weighted by Crippen LogP contribution is 2.30. The monoisotopic (exact) mass is 483 g/mol. The molecule has 0 saturated heterocycles. The van der Waals surface area contributed by atoms with E-state index in [2.05, 4.69) is 27.1 Å². The molecule has 0 atom stereocenters. The van der Waals surface area contributed by atoms with Crippen LogP contribution >= 0.6 is 0 Å². The third kappa shape index (κ3) is 5.51. The molecule has 0 saturated carbocycles. The van der Waals surface area contributed by atoms with Gasteiger partial charge in [0.25, 0.3) is 5.56 Å². The van der Waals surface area contributed by atoms with Gasteiger partial charge in [-0.15, -0.1) is 0 Å². The smallest absolute Gasteiger partial charge is 0.302 e. The van der Waals surface area contributed by atoms with Gasteiger partial charge < -0.3 is 24.6 Å². The minimum atomic E-state index is -0.378. The Hall–Kier alpha value is -4.68. The number of carbonyl (C=O) groups excluding carboxylic acids is 1. The summed E-state index contributed by atoms with van der Waals surface area (Å²) in [6.45, 7) is 1.82. The minimum absolute atomic E-state index is 0.0922. The molecular formula is C27H25N5O4. The van der Waals surface area contributed by atoms with E-state index >= 15 is 0 Å². The van der Waals surface area contributed by atoms with Crippen molar-refractivity contribution >= 4 is 34.0 Å². The minimum Gasteiger partial charge on any atom is -0.457 e. The number of rotatable bonds is 6. The molecule has 0 aliphatic heterocycles. The lowest BCUT2D eigenvalue weighted by Crippen LogP contribution is -2.24. The average Bonchev–Trinajstić information content (AvgIpc) is 2.87. The number of nitrogens with zero attached hydrogens (tertiary/aromatic N) is 4. The maximum atomic E-state index is 12.4. The number of aliphatic hydroxyl groups is 1. The summed E-state index contributed by atoms with van der Waals surface area (Å²) in [6, 6.07) is 14.2. The number of benzene rings is 2. The molecule has 9 nitrogen and oxygen atoms in total. The Bertz CT molecular complexity index is 1550. The number of amides is 1. The van der Waals surface area contributed by atoms with E-state index in [1.807, 2.05) is 37.3 Å². The number of anilines is 3. The van der Waals surface area contributed by atoms with Crippen LogP contribution in [0.15, 0.2) is 65.8 Å². The van der Waals surface area contributed by atoms with Crippen molar-refractivity contribution in [3.05, 3.63) is 77.0 Å². The van der Waals surface area contributed by atoms with Crippen molar-refractivity contribution in [2.45, 2.75) is 13.3 Å². The lowest BCUT2D eigenvalue weighted by molar-refractivity contribution is -0.113. The van der Waals surface area contributed by atoms with Crippen molar-refractivity contribution in [1.82, 2.24) is 14.5 Å². The van der Waals surface area contributed by atoms with Crippen LogP contribution in [-0.4, -0.2) is 39.2 Å². The van der Waals surface area contributed by atoms with Crippen LogP contribution in [-0.2, 0) is 11.8 Å². The summed E-state index contributed by atoms with van der Waals surface area (Å²) in [6.07, 6.45) is 3.37. The SMILES string of the molecule is Cc1cc(Nc2ncnc3ccc(N(C)C(=O)C#CCCO)cc23)ccc1Oc1ccn(C)c(=O)c1. The summed E-state index contributed by atoms with van der Waals surface area (Å²) in [4.78, 5) is 34.4. The number of aromatic nitrogens is 3. The molecule has 0 aliphatic rings. The summed E-state index contributed by atoms with van der Waals surface area (Å²) in [5.41, 5.74) is 2.85. The van der Waals surface area contributed by atoms with E-state index in [0.717, 1.165) is 16.6 Å². The van der Waals surface area contributed by atoms with E-state index in [-0.39, 0.29) is 24.5 Å². The van der Waals surface area contributed by atoms with E-state index in [4.69, 9.17) is 9.84 Å². The number of pyridine rings is 1. The number of ether oxygens (including phenoxy) is 1. The Kier molecular flexibility index (Phi) is 7.28. The fourth-order valence-corrected chi connectivity index (χ4v) is 3.45. The van der Waals surface area contributed by atoms with Crippen LogP contribution in [0.25, 0.3) is 10.9 Å². The largest absolute Gasteiger partial charge is 0.457 e.